The van der Waals surface area contributed by atoms with Crippen LogP contribution in [-0.2, 0) is 14.3 Å². The van der Waals surface area contributed by atoms with Gasteiger partial charge in [0, 0.05) is 12.6 Å². The van der Waals surface area contributed by atoms with Crippen LogP contribution in [0.15, 0.2) is 0 Å². The molecular formula is C10H20N2O4. The minimum Gasteiger partial charge on any atom is -0.436 e. The number of amides is 2. The summed E-state index contributed by atoms with van der Waals surface area (Å²) < 4.78 is 9.53. The summed E-state index contributed by atoms with van der Waals surface area (Å²) in [5.41, 5.74) is -0.389. The zero-order valence-electron chi connectivity index (χ0n) is 10.4. The number of carbonyl (C=O) groups excluding carboxylic acids is 2. The first-order chi connectivity index (χ1) is 7.26. The Morgan fingerprint density at radius 3 is 2.31 bits per heavy atom. The van der Waals surface area contributed by atoms with Gasteiger partial charge < -0.3 is 20.1 Å². The Balaban J connectivity index is 3.99. The van der Waals surface area contributed by atoms with Crippen molar-refractivity contribution in [3.05, 3.63) is 0 Å². The van der Waals surface area contributed by atoms with Gasteiger partial charge in [0.15, 0.2) is 6.10 Å². The number of carbonyl (C=O) groups is 2. The molecule has 0 aliphatic heterocycles. The maximum Gasteiger partial charge on any atom is 0.408 e. The van der Waals surface area contributed by atoms with Gasteiger partial charge in [-0.05, 0) is 27.7 Å². The number of ether oxygens (including phenoxy) is 2. The van der Waals surface area contributed by atoms with E-state index in [-0.39, 0.29) is 12.3 Å². The summed E-state index contributed by atoms with van der Waals surface area (Å²) in [4.78, 5) is 22.6. The van der Waals surface area contributed by atoms with Gasteiger partial charge in [-0.2, -0.15) is 0 Å². The highest BCUT2D eigenvalue weighted by Gasteiger charge is 2.20. The van der Waals surface area contributed by atoms with Crippen LogP contribution in [0.2, 0.25) is 0 Å². The zero-order chi connectivity index (χ0) is 12.8. The molecule has 16 heavy (non-hydrogen) atoms. The third kappa shape index (κ3) is 7.05. The second-order valence-corrected chi connectivity index (χ2v) is 4.40. The molecule has 0 fully saturated rings. The molecule has 0 saturated heterocycles. The predicted octanol–water partition coefficient (Wildman–Crippen LogP) is 0.620. The van der Waals surface area contributed by atoms with E-state index in [1.165, 1.54) is 14.0 Å². The van der Waals surface area contributed by atoms with Crippen LogP contribution in [-0.4, -0.2) is 37.5 Å². The van der Waals surface area contributed by atoms with Crippen molar-refractivity contribution >= 4 is 12.0 Å². The molecule has 0 bridgehead atoms. The van der Waals surface area contributed by atoms with Crippen LogP contribution in [0.3, 0.4) is 0 Å². The summed E-state index contributed by atoms with van der Waals surface area (Å²) in [7, 11) is 1.46. The highest BCUT2D eigenvalue weighted by Crippen LogP contribution is 2.00. The van der Waals surface area contributed by atoms with Crippen molar-refractivity contribution in [1.29, 1.82) is 0 Å². The quantitative estimate of drug-likeness (QED) is 0.697. The molecule has 0 aromatic heterocycles. The summed E-state index contributed by atoms with van der Waals surface area (Å²) in [5.74, 6) is -0.397. The minimum atomic E-state index is -0.850. The van der Waals surface area contributed by atoms with Gasteiger partial charge in [-0.25, -0.2) is 4.79 Å². The molecule has 0 rings (SSSR count). The fraction of sp³-hybridized carbons (Fsp3) is 0.800. The van der Waals surface area contributed by atoms with Crippen molar-refractivity contribution < 1.29 is 19.1 Å². The Morgan fingerprint density at radius 1 is 1.31 bits per heavy atom. The molecule has 2 amide bonds. The summed E-state index contributed by atoms with van der Waals surface area (Å²) in [5, 5.41) is 5.02. The molecule has 6 heteroatoms. The van der Waals surface area contributed by atoms with Crippen LogP contribution < -0.4 is 10.6 Å². The first-order valence-corrected chi connectivity index (χ1v) is 5.01. The Labute approximate surface area is 95.7 Å². The third-order valence-corrected chi connectivity index (χ3v) is 1.52. The van der Waals surface area contributed by atoms with Gasteiger partial charge in [-0.15, -0.1) is 0 Å². The van der Waals surface area contributed by atoms with E-state index in [0.29, 0.717) is 0 Å². The van der Waals surface area contributed by atoms with E-state index in [4.69, 9.17) is 4.74 Å². The number of alkyl carbamates (subject to hydrolysis) is 1. The smallest absolute Gasteiger partial charge is 0.408 e. The largest absolute Gasteiger partial charge is 0.436 e. The Bertz CT molecular complexity index is 248. The zero-order valence-corrected chi connectivity index (χ0v) is 10.4. The van der Waals surface area contributed by atoms with Crippen LogP contribution in [0.4, 0.5) is 4.79 Å². The van der Waals surface area contributed by atoms with E-state index >= 15 is 0 Å². The van der Waals surface area contributed by atoms with E-state index in [2.05, 4.69) is 15.4 Å². The monoisotopic (exact) mass is 232 g/mol. The van der Waals surface area contributed by atoms with Crippen molar-refractivity contribution in [3.63, 3.8) is 0 Å². The summed E-state index contributed by atoms with van der Waals surface area (Å²) >= 11 is 0. The number of hydrogen-bond donors (Lipinski definition) is 2. The van der Waals surface area contributed by atoms with Crippen LogP contribution in [0.25, 0.3) is 0 Å². The van der Waals surface area contributed by atoms with Gasteiger partial charge in [0.2, 0.25) is 0 Å². The maximum atomic E-state index is 11.3. The van der Waals surface area contributed by atoms with Crippen LogP contribution in [0.1, 0.15) is 27.7 Å². The van der Waals surface area contributed by atoms with Gasteiger partial charge >= 0.3 is 6.09 Å². The second-order valence-electron chi connectivity index (χ2n) is 4.40. The molecule has 6 nitrogen and oxygen atoms in total. The first-order valence-electron chi connectivity index (χ1n) is 5.01. The Kier molecular flexibility index (Phi) is 5.81. The fourth-order valence-corrected chi connectivity index (χ4v) is 0.837. The van der Waals surface area contributed by atoms with E-state index in [0.717, 1.165) is 0 Å². The predicted molar refractivity (Wildman–Crippen MR) is 58.9 cm³/mol. The minimum absolute atomic E-state index is 0.0907. The highest BCUT2D eigenvalue weighted by molar-refractivity contribution is 5.82. The lowest BCUT2D eigenvalue weighted by Gasteiger charge is -2.21. The van der Waals surface area contributed by atoms with Crippen molar-refractivity contribution in [3.8, 4) is 0 Å². The lowest BCUT2D eigenvalue weighted by atomic mass is 10.1. The van der Waals surface area contributed by atoms with Gasteiger partial charge in [-0.3, -0.25) is 4.79 Å². The molecule has 1 atom stereocenters. The van der Waals surface area contributed by atoms with Gasteiger partial charge in [0.1, 0.15) is 6.73 Å². The van der Waals surface area contributed by atoms with Gasteiger partial charge in [-0.1, -0.05) is 0 Å². The topological polar surface area (TPSA) is 76.7 Å². The molecule has 0 aromatic carbocycles. The third-order valence-electron chi connectivity index (χ3n) is 1.52. The number of rotatable bonds is 4. The van der Waals surface area contributed by atoms with E-state index in [1.807, 2.05) is 20.8 Å². The second kappa shape index (κ2) is 6.32. The van der Waals surface area contributed by atoms with E-state index in [9.17, 15) is 9.59 Å². The van der Waals surface area contributed by atoms with E-state index in [1.54, 1.807) is 0 Å². The number of hydrogen-bond acceptors (Lipinski definition) is 4. The number of methoxy groups -OCH3 is 1. The van der Waals surface area contributed by atoms with Gasteiger partial charge in [0.05, 0.1) is 0 Å². The van der Waals surface area contributed by atoms with Crippen molar-refractivity contribution in [2.24, 2.45) is 0 Å². The van der Waals surface area contributed by atoms with E-state index < -0.39 is 18.1 Å². The van der Waals surface area contributed by atoms with Crippen molar-refractivity contribution in [1.82, 2.24) is 10.6 Å². The lowest BCUT2D eigenvalue weighted by Crippen LogP contribution is -2.44. The SMILES string of the molecule is COCNC(=O)[C@@H](C)OC(=O)NC(C)(C)C. The van der Waals surface area contributed by atoms with Gasteiger partial charge in [0.25, 0.3) is 5.91 Å². The average molecular weight is 232 g/mol. The Hall–Kier alpha value is -1.30. The highest BCUT2D eigenvalue weighted by atomic mass is 16.6. The molecular weight excluding hydrogens is 212 g/mol. The summed E-state index contributed by atoms with van der Waals surface area (Å²) in [6.45, 7) is 7.05. The molecule has 0 aromatic rings. The molecule has 0 unspecified atom stereocenters. The molecule has 0 aliphatic rings. The molecule has 0 aliphatic carbocycles. The summed E-state index contributed by atoms with van der Waals surface area (Å²) in [6, 6.07) is 0. The molecule has 94 valence electrons. The van der Waals surface area contributed by atoms with Crippen molar-refractivity contribution in [2.45, 2.75) is 39.3 Å². The maximum absolute atomic E-state index is 11.3. The van der Waals surface area contributed by atoms with Crippen LogP contribution in [0.5, 0.6) is 0 Å². The Morgan fingerprint density at radius 2 is 1.88 bits per heavy atom. The summed E-state index contributed by atoms with van der Waals surface area (Å²) in [6.07, 6.45) is -1.47. The fourth-order valence-electron chi connectivity index (χ4n) is 0.837. The standard InChI is InChI=1S/C10H20N2O4/c1-7(8(13)11-6-15-5)16-9(14)12-10(2,3)4/h7H,6H2,1-5H3,(H,11,13)(H,12,14)/t7-/m1/s1. The van der Waals surface area contributed by atoms with Crippen molar-refractivity contribution in [2.75, 3.05) is 13.8 Å². The molecule has 0 spiro atoms. The molecule has 0 saturated carbocycles. The molecule has 2 N–H and O–H groups in total. The first kappa shape index (κ1) is 14.7. The van der Waals surface area contributed by atoms with Crippen LogP contribution in [0, 0.1) is 0 Å². The molecule has 0 radical (unpaired) electrons. The normalized spacial score (nSPS) is 12.8. The number of nitrogens with one attached hydrogen (secondary N) is 2. The van der Waals surface area contributed by atoms with Crippen LogP contribution >= 0.6 is 0 Å². The average Bonchev–Trinajstić information content (AvgIpc) is 2.10. The lowest BCUT2D eigenvalue weighted by molar-refractivity contribution is -0.130. The molecule has 0 heterocycles.